The molecule has 25 heavy (non-hydrogen) atoms. The van der Waals surface area contributed by atoms with Gasteiger partial charge in [-0.25, -0.2) is 0 Å². The molecular formula is C19H17N3O2S. The number of carbonyl (C=O) groups excluding carboxylic acids is 2. The highest BCUT2D eigenvalue weighted by molar-refractivity contribution is 7.14. The maximum atomic E-state index is 12.5. The maximum absolute atomic E-state index is 12.5. The van der Waals surface area contributed by atoms with Gasteiger partial charge in [0.15, 0.2) is 0 Å². The van der Waals surface area contributed by atoms with Gasteiger partial charge in [-0.15, -0.1) is 11.3 Å². The minimum absolute atomic E-state index is 0.272. The van der Waals surface area contributed by atoms with E-state index >= 15 is 0 Å². The quantitative estimate of drug-likeness (QED) is 0.712. The van der Waals surface area contributed by atoms with Crippen molar-refractivity contribution in [3.8, 4) is 5.69 Å². The van der Waals surface area contributed by atoms with Gasteiger partial charge in [0.25, 0.3) is 11.8 Å². The lowest BCUT2D eigenvalue weighted by molar-refractivity contribution is 0.0849. The Kier molecular flexibility index (Phi) is 4.11. The van der Waals surface area contributed by atoms with Crippen molar-refractivity contribution in [2.45, 2.75) is 19.3 Å². The van der Waals surface area contributed by atoms with Gasteiger partial charge in [0.05, 0.1) is 16.1 Å². The SMILES string of the molecule is O=C(NNC(=O)c1ccccc1-n1cccc1)c1cc2c(s1)CCC2. The third kappa shape index (κ3) is 3.08. The normalized spacial score (nSPS) is 12.6. The molecule has 1 aliphatic carbocycles. The molecular weight excluding hydrogens is 334 g/mol. The van der Waals surface area contributed by atoms with Crippen LogP contribution in [0.3, 0.4) is 0 Å². The molecule has 0 bridgehead atoms. The molecule has 3 aromatic rings. The first kappa shape index (κ1) is 15.7. The van der Waals surface area contributed by atoms with Crippen LogP contribution in [0.1, 0.15) is 36.9 Å². The number of benzene rings is 1. The number of amides is 2. The molecule has 0 spiro atoms. The van der Waals surface area contributed by atoms with Crippen LogP contribution in [0.15, 0.2) is 54.9 Å². The zero-order valence-electron chi connectivity index (χ0n) is 13.5. The van der Waals surface area contributed by atoms with Gasteiger partial charge in [0.2, 0.25) is 0 Å². The fourth-order valence-electron chi connectivity index (χ4n) is 3.07. The molecule has 4 rings (SSSR count). The second-order valence-electron chi connectivity index (χ2n) is 5.93. The smallest absolute Gasteiger partial charge is 0.279 e. The van der Waals surface area contributed by atoms with Gasteiger partial charge < -0.3 is 4.57 Å². The lowest BCUT2D eigenvalue weighted by atomic mass is 10.1. The highest BCUT2D eigenvalue weighted by Crippen LogP contribution is 2.30. The number of para-hydroxylation sites is 1. The Morgan fingerprint density at radius 2 is 1.72 bits per heavy atom. The fraction of sp³-hybridized carbons (Fsp3) is 0.158. The summed E-state index contributed by atoms with van der Waals surface area (Å²) in [5, 5.41) is 0. The van der Waals surface area contributed by atoms with Gasteiger partial charge in [-0.1, -0.05) is 12.1 Å². The van der Waals surface area contributed by atoms with E-state index in [2.05, 4.69) is 10.9 Å². The topological polar surface area (TPSA) is 63.1 Å². The van der Waals surface area contributed by atoms with E-state index in [0.717, 1.165) is 24.9 Å². The molecule has 0 saturated heterocycles. The van der Waals surface area contributed by atoms with E-state index < -0.39 is 0 Å². The van der Waals surface area contributed by atoms with Crippen LogP contribution >= 0.6 is 11.3 Å². The van der Waals surface area contributed by atoms with Crippen LogP contribution in [0.2, 0.25) is 0 Å². The molecule has 0 atom stereocenters. The predicted molar refractivity (Wildman–Crippen MR) is 97.0 cm³/mol. The summed E-state index contributed by atoms with van der Waals surface area (Å²) in [6, 6.07) is 13.0. The summed E-state index contributed by atoms with van der Waals surface area (Å²) in [7, 11) is 0. The summed E-state index contributed by atoms with van der Waals surface area (Å²) >= 11 is 1.51. The van der Waals surface area contributed by atoms with Gasteiger partial charge in [0, 0.05) is 17.3 Å². The Morgan fingerprint density at radius 1 is 0.960 bits per heavy atom. The summed E-state index contributed by atoms with van der Waals surface area (Å²) in [6.45, 7) is 0. The third-order valence-electron chi connectivity index (χ3n) is 4.29. The number of carbonyl (C=O) groups is 2. The average Bonchev–Trinajstić information content (AvgIpc) is 3.35. The van der Waals surface area contributed by atoms with Crippen molar-refractivity contribution in [1.82, 2.24) is 15.4 Å². The van der Waals surface area contributed by atoms with E-state index in [9.17, 15) is 9.59 Å². The van der Waals surface area contributed by atoms with E-state index in [-0.39, 0.29) is 11.8 Å². The summed E-state index contributed by atoms with van der Waals surface area (Å²) < 4.78 is 1.86. The van der Waals surface area contributed by atoms with E-state index in [1.165, 1.54) is 21.8 Å². The van der Waals surface area contributed by atoms with Gasteiger partial charge >= 0.3 is 0 Å². The highest BCUT2D eigenvalue weighted by Gasteiger charge is 2.19. The van der Waals surface area contributed by atoms with Gasteiger partial charge in [-0.3, -0.25) is 20.4 Å². The molecule has 1 aromatic carbocycles. The molecule has 2 heterocycles. The van der Waals surface area contributed by atoms with Crippen LogP contribution in [0, 0.1) is 0 Å². The Bertz CT molecular complexity index is 907. The monoisotopic (exact) mass is 351 g/mol. The number of hydrazine groups is 1. The first-order valence-corrected chi connectivity index (χ1v) is 8.98. The summed E-state index contributed by atoms with van der Waals surface area (Å²) in [5.74, 6) is -0.618. The molecule has 2 amide bonds. The molecule has 6 heteroatoms. The van der Waals surface area contributed by atoms with E-state index in [0.29, 0.717) is 10.4 Å². The van der Waals surface area contributed by atoms with Crippen LogP contribution < -0.4 is 10.9 Å². The Labute approximate surface area is 149 Å². The number of hydrogen-bond donors (Lipinski definition) is 2. The van der Waals surface area contributed by atoms with E-state index in [1.54, 1.807) is 12.1 Å². The molecule has 1 aliphatic rings. The number of thiophene rings is 1. The standard InChI is InChI=1S/C19H17N3O2S/c23-18(14-7-1-2-8-15(14)22-10-3-4-11-22)20-21-19(24)17-12-13-6-5-9-16(13)25-17/h1-4,7-8,10-12H,5-6,9H2,(H,20,23)(H,21,24). The van der Waals surface area contributed by atoms with Crippen LogP contribution in [0.25, 0.3) is 5.69 Å². The lowest BCUT2D eigenvalue weighted by Crippen LogP contribution is -2.41. The van der Waals surface area contributed by atoms with E-state index in [4.69, 9.17) is 0 Å². The Balaban J connectivity index is 1.46. The lowest BCUT2D eigenvalue weighted by Gasteiger charge is -2.11. The van der Waals surface area contributed by atoms with Crippen molar-refractivity contribution in [3.05, 3.63) is 75.7 Å². The molecule has 0 aliphatic heterocycles. The molecule has 0 unspecified atom stereocenters. The molecule has 126 valence electrons. The second kappa shape index (κ2) is 6.57. The van der Waals surface area contributed by atoms with Crippen LogP contribution in [0.5, 0.6) is 0 Å². The van der Waals surface area contributed by atoms with Crippen molar-refractivity contribution in [1.29, 1.82) is 0 Å². The first-order valence-electron chi connectivity index (χ1n) is 8.17. The zero-order valence-corrected chi connectivity index (χ0v) is 14.3. The van der Waals surface area contributed by atoms with Crippen molar-refractivity contribution in [3.63, 3.8) is 0 Å². The highest BCUT2D eigenvalue weighted by atomic mass is 32.1. The van der Waals surface area contributed by atoms with Crippen molar-refractivity contribution in [2.24, 2.45) is 0 Å². The number of rotatable bonds is 3. The number of nitrogens with zero attached hydrogens (tertiary/aromatic N) is 1. The third-order valence-corrected chi connectivity index (χ3v) is 5.53. The Morgan fingerprint density at radius 3 is 2.52 bits per heavy atom. The number of nitrogens with one attached hydrogen (secondary N) is 2. The molecule has 0 fully saturated rings. The molecule has 0 radical (unpaired) electrons. The fourth-order valence-corrected chi connectivity index (χ4v) is 4.22. The number of aryl methyl sites for hydroxylation is 2. The molecule has 0 saturated carbocycles. The minimum atomic E-state index is -0.346. The van der Waals surface area contributed by atoms with Crippen LogP contribution in [0.4, 0.5) is 0 Å². The average molecular weight is 351 g/mol. The Hall–Kier alpha value is -2.86. The summed E-state index contributed by atoms with van der Waals surface area (Å²) in [5.41, 5.74) is 7.56. The molecule has 5 nitrogen and oxygen atoms in total. The second-order valence-corrected chi connectivity index (χ2v) is 7.07. The summed E-state index contributed by atoms with van der Waals surface area (Å²) in [4.78, 5) is 26.7. The van der Waals surface area contributed by atoms with Gasteiger partial charge in [-0.05, 0) is 55.2 Å². The van der Waals surface area contributed by atoms with E-state index in [1.807, 2.05) is 47.3 Å². The first-order chi connectivity index (χ1) is 12.2. The minimum Gasteiger partial charge on any atom is -0.323 e. The van der Waals surface area contributed by atoms with Gasteiger partial charge in [-0.2, -0.15) is 0 Å². The van der Waals surface area contributed by atoms with Crippen LogP contribution in [-0.2, 0) is 12.8 Å². The van der Waals surface area contributed by atoms with Crippen LogP contribution in [-0.4, -0.2) is 16.4 Å². The largest absolute Gasteiger partial charge is 0.323 e. The van der Waals surface area contributed by atoms with Crippen molar-refractivity contribution >= 4 is 23.2 Å². The van der Waals surface area contributed by atoms with Crippen molar-refractivity contribution in [2.75, 3.05) is 0 Å². The summed E-state index contributed by atoms with van der Waals surface area (Å²) in [6.07, 6.45) is 6.99. The number of fused-ring (bicyclic) bond motifs is 1. The molecule has 2 N–H and O–H groups in total. The van der Waals surface area contributed by atoms with Gasteiger partial charge in [0.1, 0.15) is 0 Å². The van der Waals surface area contributed by atoms with Crippen molar-refractivity contribution < 1.29 is 9.59 Å². The maximum Gasteiger partial charge on any atom is 0.279 e. The molecule has 2 aromatic heterocycles. The predicted octanol–water partition coefficient (Wildman–Crippen LogP) is 3.10. The zero-order chi connectivity index (χ0) is 17.2. The number of aromatic nitrogens is 1. The number of hydrogen-bond acceptors (Lipinski definition) is 3.